The van der Waals surface area contributed by atoms with Crippen LogP contribution in [0.25, 0.3) is 0 Å². The summed E-state index contributed by atoms with van der Waals surface area (Å²) in [6, 6.07) is 3.57. The molecule has 1 aromatic rings. The third-order valence-corrected chi connectivity index (χ3v) is 2.66. The minimum atomic E-state index is 0.616. The number of nitrogen functional groups attached to an aromatic ring is 2. The molecule has 0 heterocycles. The monoisotopic (exact) mass is 249 g/mol. The van der Waals surface area contributed by atoms with Crippen LogP contribution in [-0.4, -0.2) is 19.9 Å². The molecule has 0 unspecified atom stereocenters. The van der Waals surface area contributed by atoms with Crippen molar-refractivity contribution < 1.29 is 4.74 Å². The van der Waals surface area contributed by atoms with Crippen molar-refractivity contribution in [3.63, 3.8) is 0 Å². The lowest BCUT2D eigenvalue weighted by atomic mass is 10.1. The van der Waals surface area contributed by atoms with Crippen LogP contribution in [0.3, 0.4) is 0 Å². The molecule has 0 bridgehead atoms. The average Bonchev–Trinajstić information content (AvgIpc) is 3.18. The molecular weight excluding hydrogens is 226 g/mol. The van der Waals surface area contributed by atoms with Gasteiger partial charge in [-0.2, -0.15) is 0 Å². The van der Waals surface area contributed by atoms with Crippen LogP contribution in [0.4, 0.5) is 11.4 Å². The number of anilines is 2. The molecule has 0 saturated heterocycles. The molecule has 2 rings (SSSR count). The normalized spacial score (nSPS) is 14.2. The number of nitrogens with zero attached hydrogens (tertiary/aromatic N) is 1. The molecule has 0 spiro atoms. The average molecular weight is 249 g/mol. The maximum atomic E-state index is 5.88. The van der Waals surface area contributed by atoms with Crippen LogP contribution in [0.15, 0.2) is 17.1 Å². The number of nitrogens with two attached hydrogens (primary N) is 2. The lowest BCUT2D eigenvalue weighted by molar-refractivity contribution is 0.301. The van der Waals surface area contributed by atoms with Gasteiger partial charge in [0.05, 0.1) is 12.3 Å². The zero-order chi connectivity index (χ0) is 13.5. The molecule has 0 amide bonds. The Kier molecular flexibility index (Phi) is 5.49. The van der Waals surface area contributed by atoms with Gasteiger partial charge in [-0.1, -0.05) is 13.8 Å². The summed E-state index contributed by atoms with van der Waals surface area (Å²) in [7, 11) is 1.70. The van der Waals surface area contributed by atoms with Gasteiger partial charge in [-0.15, -0.1) is 0 Å². The molecule has 4 N–H and O–H groups in total. The Labute approximate surface area is 109 Å². The summed E-state index contributed by atoms with van der Waals surface area (Å²) in [5, 5.41) is 0. The van der Waals surface area contributed by atoms with Gasteiger partial charge in [-0.3, -0.25) is 4.99 Å². The summed E-state index contributed by atoms with van der Waals surface area (Å²) in [5.74, 6) is 1.38. The zero-order valence-electron chi connectivity index (χ0n) is 11.4. The summed E-state index contributed by atoms with van der Waals surface area (Å²) in [4.78, 5) is 3.92. The highest BCUT2D eigenvalue weighted by molar-refractivity contribution is 5.89. The predicted molar refractivity (Wildman–Crippen MR) is 78.4 cm³/mol. The molecule has 1 saturated carbocycles. The van der Waals surface area contributed by atoms with Crippen molar-refractivity contribution in [2.45, 2.75) is 26.7 Å². The van der Waals surface area contributed by atoms with E-state index in [1.54, 1.807) is 25.4 Å². The predicted octanol–water partition coefficient (Wildman–Crippen LogP) is 2.71. The van der Waals surface area contributed by atoms with Crippen molar-refractivity contribution in [3.8, 4) is 5.75 Å². The Morgan fingerprint density at radius 2 is 1.94 bits per heavy atom. The molecule has 1 aliphatic rings. The van der Waals surface area contributed by atoms with Crippen LogP contribution in [0.2, 0.25) is 0 Å². The maximum absolute atomic E-state index is 5.88. The first kappa shape index (κ1) is 14.4. The summed E-state index contributed by atoms with van der Waals surface area (Å²) in [5.41, 5.74) is 13.8. The standard InChI is InChI=1S/C12H17N3O.C2H6/c1-15-6-9-4-11(14)12(5-10(9)13)16-7-8-2-3-8;1-2/h4-6,8H,2-3,7,13-14H2,1H3;1-2H3. The lowest BCUT2D eigenvalue weighted by Crippen LogP contribution is -2.04. The number of ether oxygens (including phenoxy) is 1. The molecule has 0 radical (unpaired) electrons. The first-order chi connectivity index (χ1) is 8.70. The zero-order valence-corrected chi connectivity index (χ0v) is 11.4. The minimum Gasteiger partial charge on any atom is -0.491 e. The van der Waals surface area contributed by atoms with E-state index in [1.807, 2.05) is 13.8 Å². The Hall–Kier alpha value is -1.71. The van der Waals surface area contributed by atoms with Crippen LogP contribution in [-0.2, 0) is 0 Å². The van der Waals surface area contributed by atoms with Gasteiger partial charge in [-0.25, -0.2) is 0 Å². The molecule has 0 aromatic heterocycles. The summed E-state index contributed by atoms with van der Waals surface area (Å²) < 4.78 is 5.63. The Balaban J connectivity index is 0.000000771. The highest BCUT2D eigenvalue weighted by Gasteiger charge is 2.22. The van der Waals surface area contributed by atoms with Crippen molar-refractivity contribution in [1.82, 2.24) is 0 Å². The van der Waals surface area contributed by atoms with Gasteiger partial charge in [0, 0.05) is 30.6 Å². The smallest absolute Gasteiger partial charge is 0.144 e. The first-order valence-electron chi connectivity index (χ1n) is 6.44. The number of aliphatic imine (C=N–C) groups is 1. The molecule has 1 aromatic carbocycles. The van der Waals surface area contributed by atoms with Gasteiger partial charge < -0.3 is 16.2 Å². The molecular formula is C14H23N3O. The summed E-state index contributed by atoms with van der Waals surface area (Å²) in [6.45, 7) is 4.74. The van der Waals surface area contributed by atoms with Gasteiger partial charge in [0.2, 0.25) is 0 Å². The third-order valence-electron chi connectivity index (χ3n) is 2.66. The number of hydrogen-bond donors (Lipinski definition) is 2. The van der Waals surface area contributed by atoms with Crippen molar-refractivity contribution >= 4 is 17.6 Å². The fourth-order valence-electron chi connectivity index (χ4n) is 1.50. The second-order valence-corrected chi connectivity index (χ2v) is 4.16. The van der Waals surface area contributed by atoms with Gasteiger partial charge in [-0.05, 0) is 24.8 Å². The molecule has 100 valence electrons. The van der Waals surface area contributed by atoms with Crippen molar-refractivity contribution in [3.05, 3.63) is 17.7 Å². The van der Waals surface area contributed by atoms with E-state index in [1.165, 1.54) is 12.8 Å². The van der Waals surface area contributed by atoms with Crippen LogP contribution in [0.1, 0.15) is 32.3 Å². The van der Waals surface area contributed by atoms with Crippen LogP contribution >= 0.6 is 0 Å². The maximum Gasteiger partial charge on any atom is 0.144 e. The number of hydrogen-bond acceptors (Lipinski definition) is 4. The van der Waals surface area contributed by atoms with E-state index in [4.69, 9.17) is 16.2 Å². The lowest BCUT2D eigenvalue weighted by Gasteiger charge is -2.10. The van der Waals surface area contributed by atoms with Crippen molar-refractivity contribution in [2.24, 2.45) is 10.9 Å². The molecule has 0 aliphatic heterocycles. The largest absolute Gasteiger partial charge is 0.491 e. The van der Waals surface area contributed by atoms with Crippen LogP contribution in [0, 0.1) is 5.92 Å². The van der Waals surface area contributed by atoms with Gasteiger partial charge >= 0.3 is 0 Å². The highest BCUT2D eigenvalue weighted by atomic mass is 16.5. The molecule has 4 heteroatoms. The van der Waals surface area contributed by atoms with E-state index in [2.05, 4.69) is 4.99 Å². The van der Waals surface area contributed by atoms with E-state index >= 15 is 0 Å². The molecule has 0 atom stereocenters. The second kappa shape index (κ2) is 6.89. The summed E-state index contributed by atoms with van der Waals surface area (Å²) in [6.07, 6.45) is 4.21. The van der Waals surface area contributed by atoms with Gasteiger partial charge in [0.1, 0.15) is 5.75 Å². The van der Waals surface area contributed by atoms with Crippen LogP contribution < -0.4 is 16.2 Å². The van der Waals surface area contributed by atoms with Gasteiger partial charge in [0.25, 0.3) is 0 Å². The Morgan fingerprint density at radius 1 is 1.28 bits per heavy atom. The summed E-state index contributed by atoms with van der Waals surface area (Å²) >= 11 is 0. The molecule has 18 heavy (non-hydrogen) atoms. The third kappa shape index (κ3) is 3.95. The quantitative estimate of drug-likeness (QED) is 0.636. The first-order valence-corrected chi connectivity index (χ1v) is 6.44. The van der Waals surface area contributed by atoms with E-state index in [0.717, 1.165) is 12.2 Å². The Morgan fingerprint density at radius 3 is 2.50 bits per heavy atom. The second-order valence-electron chi connectivity index (χ2n) is 4.16. The molecule has 4 nitrogen and oxygen atoms in total. The van der Waals surface area contributed by atoms with E-state index < -0.39 is 0 Å². The molecule has 1 fully saturated rings. The fourth-order valence-corrected chi connectivity index (χ4v) is 1.50. The molecule has 1 aliphatic carbocycles. The number of rotatable bonds is 4. The highest BCUT2D eigenvalue weighted by Crippen LogP contribution is 2.32. The van der Waals surface area contributed by atoms with Gasteiger partial charge in [0.15, 0.2) is 0 Å². The Bertz CT molecular complexity index is 412. The number of benzene rings is 1. The van der Waals surface area contributed by atoms with Crippen molar-refractivity contribution in [2.75, 3.05) is 25.1 Å². The van der Waals surface area contributed by atoms with E-state index in [9.17, 15) is 0 Å². The van der Waals surface area contributed by atoms with Crippen molar-refractivity contribution in [1.29, 1.82) is 0 Å². The van der Waals surface area contributed by atoms with E-state index in [-0.39, 0.29) is 0 Å². The minimum absolute atomic E-state index is 0.616. The van der Waals surface area contributed by atoms with E-state index in [0.29, 0.717) is 23.0 Å². The van der Waals surface area contributed by atoms with Crippen LogP contribution in [0.5, 0.6) is 5.75 Å². The topological polar surface area (TPSA) is 73.6 Å². The SMILES string of the molecule is CC.CN=Cc1cc(N)c(OCC2CC2)cc1N. The fraction of sp³-hybridized carbons (Fsp3) is 0.500.